The quantitative estimate of drug-likeness (QED) is 0.600. The number of halogens is 1. The van der Waals surface area contributed by atoms with Crippen LogP contribution in [0.4, 0.5) is 0 Å². The summed E-state index contributed by atoms with van der Waals surface area (Å²) in [5.41, 5.74) is 1.97. The number of aliphatic hydroxyl groups is 1. The number of imide groups is 1. The van der Waals surface area contributed by atoms with E-state index in [0.717, 1.165) is 5.56 Å². The van der Waals surface area contributed by atoms with Crippen LogP contribution >= 0.6 is 12.4 Å². The van der Waals surface area contributed by atoms with Crippen LogP contribution in [0.1, 0.15) is 36.6 Å². The summed E-state index contributed by atoms with van der Waals surface area (Å²) >= 11 is 0. The van der Waals surface area contributed by atoms with Gasteiger partial charge in [-0.2, -0.15) is 0 Å². The van der Waals surface area contributed by atoms with Crippen LogP contribution in [0.5, 0.6) is 0 Å². The molecule has 0 radical (unpaired) electrons. The van der Waals surface area contributed by atoms with E-state index in [4.69, 9.17) is 0 Å². The van der Waals surface area contributed by atoms with Gasteiger partial charge in [0.2, 0.25) is 0 Å². The van der Waals surface area contributed by atoms with E-state index in [0.29, 0.717) is 43.7 Å². The Kier molecular flexibility index (Phi) is 6.87. The van der Waals surface area contributed by atoms with Gasteiger partial charge in [-0.25, -0.2) is 0 Å². The monoisotopic (exact) mass is 429 g/mol. The van der Waals surface area contributed by atoms with E-state index in [1.165, 1.54) is 11.0 Å². The number of amides is 3. The molecule has 2 unspecified atom stereocenters. The number of benzene rings is 2. The van der Waals surface area contributed by atoms with E-state index in [-0.39, 0.29) is 41.6 Å². The van der Waals surface area contributed by atoms with Gasteiger partial charge in [-0.3, -0.25) is 19.3 Å². The SMILES string of the molecule is Cl.O=C(NCC1CNCC1O)c1ccc2c(c1)C(=O)N(CCc1ccccc1)C2=O. The topological polar surface area (TPSA) is 98.7 Å². The fraction of sp³-hybridized carbons (Fsp3) is 0.318. The summed E-state index contributed by atoms with van der Waals surface area (Å²) in [4.78, 5) is 39.1. The Morgan fingerprint density at radius 2 is 1.80 bits per heavy atom. The highest BCUT2D eigenvalue weighted by Crippen LogP contribution is 2.24. The van der Waals surface area contributed by atoms with Crippen molar-refractivity contribution in [2.24, 2.45) is 5.92 Å². The van der Waals surface area contributed by atoms with E-state index in [2.05, 4.69) is 10.6 Å². The molecule has 4 rings (SSSR count). The Bertz CT molecular complexity index is 951. The number of carbonyl (C=O) groups is 3. The highest BCUT2D eigenvalue weighted by atomic mass is 35.5. The molecule has 158 valence electrons. The van der Waals surface area contributed by atoms with Crippen LogP contribution in [0, 0.1) is 5.92 Å². The second-order valence-electron chi connectivity index (χ2n) is 7.45. The molecule has 2 aliphatic rings. The van der Waals surface area contributed by atoms with Crippen molar-refractivity contribution in [3.8, 4) is 0 Å². The molecule has 3 N–H and O–H groups in total. The number of hydrogen-bond donors (Lipinski definition) is 3. The maximum absolute atomic E-state index is 12.7. The smallest absolute Gasteiger partial charge is 0.261 e. The number of fused-ring (bicyclic) bond motifs is 1. The largest absolute Gasteiger partial charge is 0.391 e. The van der Waals surface area contributed by atoms with Gasteiger partial charge in [0, 0.05) is 37.7 Å². The van der Waals surface area contributed by atoms with Gasteiger partial charge in [-0.1, -0.05) is 30.3 Å². The predicted octanol–water partition coefficient (Wildman–Crippen LogP) is 1.26. The van der Waals surface area contributed by atoms with Gasteiger partial charge in [0.15, 0.2) is 0 Å². The van der Waals surface area contributed by atoms with Crippen molar-refractivity contribution in [1.82, 2.24) is 15.5 Å². The summed E-state index contributed by atoms with van der Waals surface area (Å²) < 4.78 is 0. The lowest BCUT2D eigenvalue weighted by molar-refractivity contribution is 0.0656. The Hall–Kier alpha value is -2.74. The lowest BCUT2D eigenvalue weighted by Crippen LogP contribution is -2.34. The molecule has 0 spiro atoms. The van der Waals surface area contributed by atoms with Crippen LogP contribution in [-0.2, 0) is 6.42 Å². The third-order valence-corrected chi connectivity index (χ3v) is 5.53. The van der Waals surface area contributed by atoms with Crippen molar-refractivity contribution in [3.05, 3.63) is 70.8 Å². The summed E-state index contributed by atoms with van der Waals surface area (Å²) in [7, 11) is 0. The van der Waals surface area contributed by atoms with Gasteiger partial charge < -0.3 is 15.7 Å². The van der Waals surface area contributed by atoms with Crippen molar-refractivity contribution in [2.75, 3.05) is 26.2 Å². The molecule has 2 aliphatic heterocycles. The fourth-order valence-electron chi connectivity index (χ4n) is 3.77. The minimum Gasteiger partial charge on any atom is -0.391 e. The first-order valence-corrected chi connectivity index (χ1v) is 9.76. The van der Waals surface area contributed by atoms with Crippen molar-refractivity contribution in [1.29, 1.82) is 0 Å². The summed E-state index contributed by atoms with van der Waals surface area (Å²) in [5.74, 6) is -1.06. The van der Waals surface area contributed by atoms with E-state index in [9.17, 15) is 19.5 Å². The molecule has 8 heteroatoms. The first kappa shape index (κ1) is 22.0. The number of hydrogen-bond acceptors (Lipinski definition) is 5. The molecule has 0 bridgehead atoms. The van der Waals surface area contributed by atoms with Crippen molar-refractivity contribution < 1.29 is 19.5 Å². The maximum Gasteiger partial charge on any atom is 0.261 e. The standard InChI is InChI=1S/C22H23N3O4.ClH/c26-19-13-23-11-16(19)12-24-20(27)15-6-7-17-18(10-15)22(29)25(21(17)28)9-8-14-4-2-1-3-5-14;/h1-7,10,16,19,23,26H,8-9,11-13H2,(H,24,27);1H. The van der Waals surface area contributed by atoms with E-state index < -0.39 is 6.10 Å². The van der Waals surface area contributed by atoms with Gasteiger partial charge in [0.05, 0.1) is 17.2 Å². The first-order valence-electron chi connectivity index (χ1n) is 9.76. The number of carbonyl (C=O) groups excluding carboxylic acids is 3. The Balaban J connectivity index is 0.00000256. The van der Waals surface area contributed by atoms with Gasteiger partial charge in [-0.15, -0.1) is 12.4 Å². The first-order chi connectivity index (χ1) is 14.0. The Labute approximate surface area is 180 Å². The lowest BCUT2D eigenvalue weighted by atomic mass is 10.0. The Morgan fingerprint density at radius 3 is 2.50 bits per heavy atom. The van der Waals surface area contributed by atoms with Gasteiger partial charge in [-0.05, 0) is 30.2 Å². The molecule has 7 nitrogen and oxygen atoms in total. The molecule has 3 amide bonds. The molecule has 1 saturated heterocycles. The molecule has 30 heavy (non-hydrogen) atoms. The number of β-amino-alcohol motifs (C(OH)–C–C–N with tert-alkyl or cyclic N) is 1. The summed E-state index contributed by atoms with van der Waals surface area (Å²) in [6, 6.07) is 14.3. The average Bonchev–Trinajstić information content (AvgIpc) is 3.26. The third kappa shape index (κ3) is 4.38. The lowest BCUT2D eigenvalue weighted by Gasteiger charge is -2.14. The molecular formula is C22H24ClN3O4. The highest BCUT2D eigenvalue weighted by molar-refractivity contribution is 6.22. The van der Waals surface area contributed by atoms with Crippen LogP contribution in [0.2, 0.25) is 0 Å². The molecule has 2 aromatic rings. The number of rotatable bonds is 6. The molecule has 2 heterocycles. The van der Waals surface area contributed by atoms with Crippen LogP contribution in [-0.4, -0.2) is 60.0 Å². The molecule has 2 aromatic carbocycles. The van der Waals surface area contributed by atoms with E-state index >= 15 is 0 Å². The zero-order valence-corrected chi connectivity index (χ0v) is 17.2. The minimum absolute atomic E-state index is 0. The van der Waals surface area contributed by atoms with E-state index in [1.54, 1.807) is 12.1 Å². The summed E-state index contributed by atoms with van der Waals surface area (Å²) in [6.07, 6.45) is 0.102. The molecule has 0 aromatic heterocycles. The van der Waals surface area contributed by atoms with Crippen LogP contribution < -0.4 is 10.6 Å². The minimum atomic E-state index is -0.479. The van der Waals surface area contributed by atoms with Crippen LogP contribution in [0.15, 0.2) is 48.5 Å². The third-order valence-electron chi connectivity index (χ3n) is 5.53. The number of aliphatic hydroxyl groups excluding tert-OH is 1. The van der Waals surface area contributed by atoms with Gasteiger partial charge >= 0.3 is 0 Å². The predicted molar refractivity (Wildman–Crippen MR) is 114 cm³/mol. The maximum atomic E-state index is 12.7. The van der Waals surface area contributed by atoms with E-state index in [1.807, 2.05) is 30.3 Å². The summed E-state index contributed by atoms with van der Waals surface area (Å²) in [6.45, 7) is 1.81. The van der Waals surface area contributed by atoms with Crippen LogP contribution in [0.3, 0.4) is 0 Å². The average molecular weight is 430 g/mol. The van der Waals surface area contributed by atoms with Gasteiger partial charge in [0.25, 0.3) is 17.7 Å². The van der Waals surface area contributed by atoms with Gasteiger partial charge in [0.1, 0.15) is 0 Å². The Morgan fingerprint density at radius 1 is 1.07 bits per heavy atom. The van der Waals surface area contributed by atoms with Crippen molar-refractivity contribution in [3.63, 3.8) is 0 Å². The fourth-order valence-corrected chi connectivity index (χ4v) is 3.77. The summed E-state index contributed by atoms with van der Waals surface area (Å²) in [5, 5.41) is 15.7. The normalized spacial score (nSPS) is 20.1. The van der Waals surface area contributed by atoms with Crippen LogP contribution in [0.25, 0.3) is 0 Å². The zero-order chi connectivity index (χ0) is 20.4. The number of nitrogens with one attached hydrogen (secondary N) is 2. The van der Waals surface area contributed by atoms with Crippen molar-refractivity contribution >= 4 is 30.1 Å². The highest BCUT2D eigenvalue weighted by Gasteiger charge is 2.35. The second-order valence-corrected chi connectivity index (χ2v) is 7.45. The zero-order valence-electron chi connectivity index (χ0n) is 16.3. The van der Waals surface area contributed by atoms with Crippen molar-refractivity contribution in [2.45, 2.75) is 12.5 Å². The second kappa shape index (κ2) is 9.38. The molecule has 1 fully saturated rings. The number of nitrogens with zero attached hydrogens (tertiary/aromatic N) is 1. The molecular weight excluding hydrogens is 406 g/mol. The molecule has 2 atom stereocenters. The molecule has 0 saturated carbocycles. The molecule has 0 aliphatic carbocycles.